The van der Waals surface area contributed by atoms with E-state index in [0.717, 1.165) is 22.0 Å². The molecule has 1 aromatic carbocycles. The van der Waals surface area contributed by atoms with Crippen LogP contribution in [0.4, 0.5) is 4.79 Å². The molecule has 2 aromatic rings. The molecule has 1 aromatic heterocycles. The van der Waals surface area contributed by atoms with E-state index in [1.807, 2.05) is 24.4 Å². The Bertz CT molecular complexity index is 592. The number of nitrogens with one attached hydrogen (secondary N) is 3. The van der Waals surface area contributed by atoms with Crippen LogP contribution in [0.15, 0.2) is 24.4 Å². The number of carbonyl (C=O) groups excluding carboxylic acids is 2. The minimum absolute atomic E-state index is 0.312. The third kappa shape index (κ3) is 3.25. The largest absolute Gasteiger partial charge is 0.530 e. The van der Waals surface area contributed by atoms with Crippen molar-refractivity contribution in [3.05, 3.63) is 35.5 Å². The molecule has 2 amide bonds. The average molecular weight is 260 g/mol. The molecule has 2 rings (SSSR count). The Labute approximate surface area is 109 Å². The van der Waals surface area contributed by atoms with Gasteiger partial charge in [0.1, 0.15) is 6.09 Å². The van der Waals surface area contributed by atoms with Crippen molar-refractivity contribution in [3.8, 4) is 0 Å². The summed E-state index contributed by atoms with van der Waals surface area (Å²) >= 11 is 0. The Balaban J connectivity index is 2.14. The summed E-state index contributed by atoms with van der Waals surface area (Å²) in [6.07, 6.45) is 1.83. The second-order valence-electron chi connectivity index (χ2n) is 4.16. The molecule has 0 unspecified atom stereocenters. The summed E-state index contributed by atoms with van der Waals surface area (Å²) < 4.78 is 0. The third-order valence-corrected chi connectivity index (χ3v) is 2.89. The highest BCUT2D eigenvalue weighted by atomic mass is 16.4. The fourth-order valence-electron chi connectivity index (χ4n) is 2.00. The van der Waals surface area contributed by atoms with Crippen molar-refractivity contribution < 1.29 is 14.7 Å². The average Bonchev–Trinajstić information content (AvgIpc) is 2.79. The van der Waals surface area contributed by atoms with Crippen LogP contribution in [-0.2, 0) is 17.8 Å². The van der Waals surface area contributed by atoms with Gasteiger partial charge in [-0.3, -0.25) is 4.79 Å². The second kappa shape index (κ2) is 5.90. The van der Waals surface area contributed by atoms with Crippen LogP contribution in [0, 0.1) is 0 Å². The van der Waals surface area contributed by atoms with Crippen molar-refractivity contribution in [2.75, 3.05) is 6.54 Å². The molecular formula is C13H14N3O3-. The summed E-state index contributed by atoms with van der Waals surface area (Å²) in [6.45, 7) is 0.785. The van der Waals surface area contributed by atoms with Crippen molar-refractivity contribution >= 4 is 23.4 Å². The first kappa shape index (κ1) is 12.9. The zero-order chi connectivity index (χ0) is 13.7. The molecule has 3 N–H and O–H groups in total. The number of aromatic nitrogens is 1. The number of hydrogen-bond donors (Lipinski definition) is 3. The molecule has 0 aliphatic carbocycles. The molecule has 0 saturated carbocycles. The van der Waals surface area contributed by atoms with Crippen LogP contribution < -0.4 is 15.7 Å². The van der Waals surface area contributed by atoms with Gasteiger partial charge < -0.3 is 25.5 Å². The predicted molar refractivity (Wildman–Crippen MR) is 68.3 cm³/mol. The fraction of sp³-hybridized carbons (Fsp3) is 0.231. The van der Waals surface area contributed by atoms with Crippen LogP contribution in [-0.4, -0.2) is 24.0 Å². The minimum Gasteiger partial charge on any atom is -0.530 e. The molecule has 0 atom stereocenters. The number of rotatable bonds is 6. The van der Waals surface area contributed by atoms with Crippen LogP contribution in [0.25, 0.3) is 10.9 Å². The van der Waals surface area contributed by atoms with E-state index in [4.69, 9.17) is 0 Å². The summed E-state index contributed by atoms with van der Waals surface area (Å²) in [6, 6.07) is 5.85. The number of carbonyl (C=O) groups is 2. The Morgan fingerprint density at radius 1 is 1.42 bits per heavy atom. The molecule has 0 aliphatic heterocycles. The molecule has 0 bridgehead atoms. The lowest BCUT2D eigenvalue weighted by Gasteiger charge is -2.06. The zero-order valence-corrected chi connectivity index (χ0v) is 10.2. The van der Waals surface area contributed by atoms with E-state index in [0.29, 0.717) is 25.9 Å². The summed E-state index contributed by atoms with van der Waals surface area (Å²) in [5.41, 5.74) is 3.00. The molecule has 0 spiro atoms. The summed E-state index contributed by atoms with van der Waals surface area (Å²) in [5.74, 6) is 0. The van der Waals surface area contributed by atoms with Gasteiger partial charge in [0.25, 0.3) is 0 Å². The first-order chi connectivity index (χ1) is 9.20. The van der Waals surface area contributed by atoms with Gasteiger partial charge in [0, 0.05) is 30.2 Å². The maximum Gasteiger partial charge on any atom is 0.207 e. The van der Waals surface area contributed by atoms with Crippen LogP contribution >= 0.6 is 0 Å². The number of benzene rings is 1. The Morgan fingerprint density at radius 3 is 3.00 bits per heavy atom. The van der Waals surface area contributed by atoms with Crippen LogP contribution in [0.2, 0.25) is 0 Å². The zero-order valence-electron chi connectivity index (χ0n) is 10.2. The number of hydrogen-bond acceptors (Lipinski definition) is 3. The van der Waals surface area contributed by atoms with Gasteiger partial charge >= 0.3 is 0 Å². The van der Waals surface area contributed by atoms with E-state index in [-0.39, 0.29) is 0 Å². The van der Waals surface area contributed by atoms with Gasteiger partial charge in [0.05, 0.1) is 0 Å². The summed E-state index contributed by atoms with van der Waals surface area (Å²) in [7, 11) is 0. The highest BCUT2D eigenvalue weighted by Crippen LogP contribution is 2.20. The molecular weight excluding hydrogens is 246 g/mol. The monoisotopic (exact) mass is 260 g/mol. The van der Waals surface area contributed by atoms with E-state index < -0.39 is 6.09 Å². The van der Waals surface area contributed by atoms with E-state index in [9.17, 15) is 14.7 Å². The topological polar surface area (TPSA) is 97.1 Å². The molecule has 19 heavy (non-hydrogen) atoms. The molecule has 0 radical (unpaired) electrons. The van der Waals surface area contributed by atoms with Gasteiger partial charge in [0.2, 0.25) is 6.41 Å². The molecule has 0 saturated heterocycles. The SMILES string of the molecule is O=CNCc1ccc2[nH]cc(CCNC(=O)[O-])c2c1. The maximum absolute atomic E-state index is 10.3. The van der Waals surface area contributed by atoms with E-state index in [1.54, 1.807) is 0 Å². The Kier molecular flexibility index (Phi) is 4.02. The van der Waals surface area contributed by atoms with Crippen molar-refractivity contribution in [3.63, 3.8) is 0 Å². The van der Waals surface area contributed by atoms with Gasteiger partial charge in [-0.1, -0.05) is 6.07 Å². The lowest BCUT2D eigenvalue weighted by Crippen LogP contribution is -2.37. The van der Waals surface area contributed by atoms with Crippen LogP contribution in [0.1, 0.15) is 11.1 Å². The molecule has 6 heteroatoms. The highest BCUT2D eigenvalue weighted by molar-refractivity contribution is 5.84. The van der Waals surface area contributed by atoms with E-state index in [1.165, 1.54) is 0 Å². The number of amides is 2. The molecule has 0 aliphatic rings. The van der Waals surface area contributed by atoms with Gasteiger partial charge in [-0.15, -0.1) is 0 Å². The van der Waals surface area contributed by atoms with Crippen molar-refractivity contribution in [1.29, 1.82) is 0 Å². The van der Waals surface area contributed by atoms with Gasteiger partial charge in [-0.2, -0.15) is 0 Å². The van der Waals surface area contributed by atoms with Gasteiger partial charge in [-0.05, 0) is 29.7 Å². The number of fused-ring (bicyclic) bond motifs is 1. The lowest BCUT2D eigenvalue weighted by molar-refractivity contribution is -0.250. The molecule has 100 valence electrons. The number of H-pyrrole nitrogens is 1. The second-order valence-corrected chi connectivity index (χ2v) is 4.16. The lowest BCUT2D eigenvalue weighted by atomic mass is 10.1. The number of carboxylic acid groups (broad SMARTS) is 1. The van der Waals surface area contributed by atoms with Crippen molar-refractivity contribution in [1.82, 2.24) is 15.6 Å². The third-order valence-electron chi connectivity index (χ3n) is 2.89. The normalized spacial score (nSPS) is 10.3. The molecule has 1 heterocycles. The quantitative estimate of drug-likeness (QED) is 0.632. The van der Waals surface area contributed by atoms with Crippen LogP contribution in [0.5, 0.6) is 0 Å². The van der Waals surface area contributed by atoms with Crippen LogP contribution in [0.3, 0.4) is 0 Å². The first-order valence-electron chi connectivity index (χ1n) is 5.91. The predicted octanol–water partition coefficient (Wildman–Crippen LogP) is -0.111. The number of aromatic amines is 1. The smallest absolute Gasteiger partial charge is 0.207 e. The highest BCUT2D eigenvalue weighted by Gasteiger charge is 2.04. The van der Waals surface area contributed by atoms with Crippen molar-refractivity contribution in [2.45, 2.75) is 13.0 Å². The maximum atomic E-state index is 10.3. The molecule has 0 fully saturated rings. The van der Waals surface area contributed by atoms with Crippen molar-refractivity contribution in [2.24, 2.45) is 0 Å². The summed E-state index contributed by atoms with van der Waals surface area (Å²) in [4.78, 5) is 23.7. The van der Waals surface area contributed by atoms with Gasteiger partial charge in [-0.25, -0.2) is 0 Å². The van der Waals surface area contributed by atoms with Gasteiger partial charge in [0.15, 0.2) is 0 Å². The molecule has 6 nitrogen and oxygen atoms in total. The standard InChI is InChI=1S/C13H15N3O3/c17-8-14-6-9-1-2-12-11(5-9)10(7-16-12)3-4-15-13(18)19/h1-2,5,7-8,15-16H,3-4,6H2,(H,14,17)(H,18,19)/p-1. The summed E-state index contributed by atoms with van der Waals surface area (Å²) in [5, 5.41) is 16.2. The van der Waals surface area contributed by atoms with E-state index in [2.05, 4.69) is 15.6 Å². The minimum atomic E-state index is -1.27. The first-order valence-corrected chi connectivity index (χ1v) is 5.91. The Hall–Kier alpha value is -2.50. The van der Waals surface area contributed by atoms with E-state index >= 15 is 0 Å². The fourth-order valence-corrected chi connectivity index (χ4v) is 2.00. The Morgan fingerprint density at radius 2 is 2.26 bits per heavy atom.